The van der Waals surface area contributed by atoms with Gasteiger partial charge in [0, 0.05) is 19.1 Å². The summed E-state index contributed by atoms with van der Waals surface area (Å²) in [6.07, 6.45) is 3.94. The van der Waals surface area contributed by atoms with Crippen LogP contribution in [0.2, 0.25) is 0 Å². The smallest absolute Gasteiger partial charge is 0.101 e. The molecule has 3 rings (SSSR count). The standard InChI is InChI=1S/C16H21N3/c1-13-4-5-16(14(10-13)11-17)19-9-6-15(12-19)18-7-2-3-8-18/h4-5,10,15H,2-3,6-9,12H2,1H3. The van der Waals surface area contributed by atoms with E-state index in [1.54, 1.807) is 0 Å². The maximum atomic E-state index is 9.29. The molecule has 0 radical (unpaired) electrons. The Morgan fingerprint density at radius 1 is 1.21 bits per heavy atom. The van der Waals surface area contributed by atoms with Gasteiger partial charge in [0.15, 0.2) is 0 Å². The molecular weight excluding hydrogens is 234 g/mol. The van der Waals surface area contributed by atoms with E-state index in [1.165, 1.54) is 32.4 Å². The SMILES string of the molecule is Cc1ccc(N2CCC(N3CCCC3)C2)c(C#N)c1. The topological polar surface area (TPSA) is 30.3 Å². The van der Waals surface area contributed by atoms with Gasteiger partial charge in [-0.15, -0.1) is 0 Å². The van der Waals surface area contributed by atoms with Crippen molar-refractivity contribution in [2.24, 2.45) is 0 Å². The highest BCUT2D eigenvalue weighted by molar-refractivity contribution is 5.61. The van der Waals surface area contributed by atoms with Gasteiger partial charge >= 0.3 is 0 Å². The lowest BCUT2D eigenvalue weighted by molar-refractivity contribution is 0.260. The summed E-state index contributed by atoms with van der Waals surface area (Å²) in [6.45, 7) is 6.73. The number of likely N-dealkylation sites (tertiary alicyclic amines) is 1. The molecule has 1 aromatic rings. The van der Waals surface area contributed by atoms with Crippen molar-refractivity contribution < 1.29 is 0 Å². The third-order valence-corrected chi connectivity index (χ3v) is 4.43. The van der Waals surface area contributed by atoms with Crippen molar-refractivity contribution in [1.29, 1.82) is 5.26 Å². The number of rotatable bonds is 2. The summed E-state index contributed by atoms with van der Waals surface area (Å²) in [7, 11) is 0. The zero-order chi connectivity index (χ0) is 13.2. The van der Waals surface area contributed by atoms with E-state index in [4.69, 9.17) is 0 Å². The molecule has 0 bridgehead atoms. The molecule has 2 saturated heterocycles. The third-order valence-electron chi connectivity index (χ3n) is 4.43. The van der Waals surface area contributed by atoms with Gasteiger partial charge in [0.2, 0.25) is 0 Å². The Morgan fingerprint density at radius 3 is 2.74 bits per heavy atom. The number of hydrogen-bond donors (Lipinski definition) is 0. The Labute approximate surface area is 115 Å². The summed E-state index contributed by atoms with van der Waals surface area (Å²) >= 11 is 0. The third kappa shape index (κ3) is 2.46. The molecule has 0 spiro atoms. The molecule has 0 aromatic heterocycles. The number of benzene rings is 1. The molecular formula is C16H21N3. The highest BCUT2D eigenvalue weighted by Gasteiger charge is 2.30. The van der Waals surface area contributed by atoms with Crippen LogP contribution in [0.4, 0.5) is 5.69 Å². The van der Waals surface area contributed by atoms with Crippen LogP contribution in [0, 0.1) is 18.3 Å². The number of anilines is 1. The summed E-state index contributed by atoms with van der Waals surface area (Å²) in [5, 5.41) is 9.29. The molecule has 2 aliphatic heterocycles. The van der Waals surface area contributed by atoms with Crippen LogP contribution >= 0.6 is 0 Å². The van der Waals surface area contributed by atoms with Gasteiger partial charge in [-0.05, 0) is 57.0 Å². The van der Waals surface area contributed by atoms with Crippen LogP contribution in [0.5, 0.6) is 0 Å². The Balaban J connectivity index is 1.75. The minimum atomic E-state index is 0.690. The Morgan fingerprint density at radius 2 is 2.00 bits per heavy atom. The normalized spacial score (nSPS) is 23.8. The van der Waals surface area contributed by atoms with Crippen molar-refractivity contribution in [3.8, 4) is 6.07 Å². The molecule has 3 nitrogen and oxygen atoms in total. The molecule has 0 saturated carbocycles. The number of nitrogens with zero attached hydrogens (tertiary/aromatic N) is 3. The predicted octanol–water partition coefficient (Wildman–Crippen LogP) is 2.54. The van der Waals surface area contributed by atoms with Gasteiger partial charge in [-0.3, -0.25) is 4.90 Å². The fourth-order valence-electron chi connectivity index (χ4n) is 3.38. The van der Waals surface area contributed by atoms with E-state index >= 15 is 0 Å². The van der Waals surface area contributed by atoms with Crippen molar-refractivity contribution in [2.45, 2.75) is 32.2 Å². The fourth-order valence-corrected chi connectivity index (χ4v) is 3.38. The molecule has 2 aliphatic rings. The van der Waals surface area contributed by atoms with Gasteiger partial charge in [0.1, 0.15) is 6.07 Å². The second-order valence-corrected chi connectivity index (χ2v) is 5.76. The summed E-state index contributed by atoms with van der Waals surface area (Å²) < 4.78 is 0. The fraction of sp³-hybridized carbons (Fsp3) is 0.562. The van der Waals surface area contributed by atoms with Crippen molar-refractivity contribution >= 4 is 5.69 Å². The molecule has 1 unspecified atom stereocenters. The van der Waals surface area contributed by atoms with Crippen LogP contribution in [0.15, 0.2) is 18.2 Å². The average molecular weight is 255 g/mol. The average Bonchev–Trinajstić information content (AvgIpc) is 3.09. The Hall–Kier alpha value is -1.53. The maximum absolute atomic E-state index is 9.29. The molecule has 2 fully saturated rings. The van der Waals surface area contributed by atoms with E-state index in [0.717, 1.165) is 29.9 Å². The van der Waals surface area contributed by atoms with Crippen molar-refractivity contribution in [1.82, 2.24) is 4.90 Å². The summed E-state index contributed by atoms with van der Waals surface area (Å²) in [4.78, 5) is 5.02. The lowest BCUT2D eigenvalue weighted by Crippen LogP contribution is -2.35. The first-order chi connectivity index (χ1) is 9.28. The first-order valence-electron chi connectivity index (χ1n) is 7.27. The second-order valence-electron chi connectivity index (χ2n) is 5.76. The van der Waals surface area contributed by atoms with Gasteiger partial charge in [0.25, 0.3) is 0 Å². The lowest BCUT2D eigenvalue weighted by atomic mass is 10.1. The predicted molar refractivity (Wildman–Crippen MR) is 77.3 cm³/mol. The quantitative estimate of drug-likeness (QED) is 0.813. The van der Waals surface area contributed by atoms with Crippen LogP contribution in [-0.2, 0) is 0 Å². The highest BCUT2D eigenvalue weighted by Crippen LogP contribution is 2.28. The van der Waals surface area contributed by atoms with Gasteiger partial charge in [-0.2, -0.15) is 5.26 Å². The van der Waals surface area contributed by atoms with Crippen molar-refractivity contribution in [2.75, 3.05) is 31.1 Å². The number of nitriles is 1. The second kappa shape index (κ2) is 5.22. The maximum Gasteiger partial charge on any atom is 0.101 e. The van der Waals surface area contributed by atoms with Crippen molar-refractivity contribution in [3.63, 3.8) is 0 Å². The van der Waals surface area contributed by atoms with Gasteiger partial charge in [0.05, 0.1) is 11.3 Å². The first kappa shape index (κ1) is 12.5. The molecule has 1 aromatic carbocycles. The highest BCUT2D eigenvalue weighted by atomic mass is 15.3. The van der Waals surface area contributed by atoms with Crippen molar-refractivity contribution in [3.05, 3.63) is 29.3 Å². The van der Waals surface area contributed by atoms with Crippen LogP contribution in [0.3, 0.4) is 0 Å². The van der Waals surface area contributed by atoms with Gasteiger partial charge in [-0.1, -0.05) is 6.07 Å². The van der Waals surface area contributed by atoms with Gasteiger partial charge < -0.3 is 4.90 Å². The van der Waals surface area contributed by atoms with Crippen LogP contribution < -0.4 is 4.90 Å². The molecule has 3 heteroatoms. The molecule has 2 heterocycles. The summed E-state index contributed by atoms with van der Waals surface area (Å²) in [5.74, 6) is 0. The minimum Gasteiger partial charge on any atom is -0.369 e. The summed E-state index contributed by atoms with van der Waals surface area (Å²) in [5.41, 5.74) is 3.10. The van der Waals surface area contributed by atoms with E-state index < -0.39 is 0 Å². The van der Waals surface area contributed by atoms with Gasteiger partial charge in [-0.25, -0.2) is 0 Å². The first-order valence-corrected chi connectivity index (χ1v) is 7.27. The Kier molecular flexibility index (Phi) is 3.44. The van der Waals surface area contributed by atoms with Crippen LogP contribution in [0.1, 0.15) is 30.4 Å². The molecule has 19 heavy (non-hydrogen) atoms. The Bertz CT molecular complexity index is 497. The molecule has 1 atom stereocenters. The number of hydrogen-bond acceptors (Lipinski definition) is 3. The zero-order valence-corrected chi connectivity index (χ0v) is 11.6. The monoisotopic (exact) mass is 255 g/mol. The minimum absolute atomic E-state index is 0.690. The van der Waals surface area contributed by atoms with Crippen LogP contribution in [0.25, 0.3) is 0 Å². The molecule has 100 valence electrons. The number of aryl methyl sites for hydroxylation is 1. The molecule has 0 N–H and O–H groups in total. The van der Waals surface area contributed by atoms with E-state index in [2.05, 4.69) is 28.0 Å². The summed E-state index contributed by atoms with van der Waals surface area (Å²) in [6, 6.07) is 9.25. The largest absolute Gasteiger partial charge is 0.369 e. The van der Waals surface area contributed by atoms with E-state index in [1.807, 2.05) is 13.0 Å². The molecule has 0 aliphatic carbocycles. The van der Waals surface area contributed by atoms with E-state index in [9.17, 15) is 5.26 Å². The van der Waals surface area contributed by atoms with Crippen LogP contribution in [-0.4, -0.2) is 37.1 Å². The van der Waals surface area contributed by atoms with E-state index in [-0.39, 0.29) is 0 Å². The van der Waals surface area contributed by atoms with E-state index in [0.29, 0.717) is 6.04 Å². The lowest BCUT2D eigenvalue weighted by Gasteiger charge is -2.25. The zero-order valence-electron chi connectivity index (χ0n) is 11.6. The molecule has 0 amide bonds.